The van der Waals surface area contributed by atoms with Crippen molar-refractivity contribution < 1.29 is 14.3 Å². The Morgan fingerprint density at radius 1 is 1.12 bits per heavy atom. The third-order valence-corrected chi connectivity index (χ3v) is 4.01. The number of nitrogens with one attached hydrogen (secondary N) is 2. The van der Waals surface area contributed by atoms with E-state index >= 15 is 0 Å². The third kappa shape index (κ3) is 4.23. The van der Waals surface area contributed by atoms with Gasteiger partial charge in [-0.2, -0.15) is 0 Å². The highest BCUT2D eigenvalue weighted by molar-refractivity contribution is 5.89. The molecule has 5 nitrogen and oxygen atoms in total. The summed E-state index contributed by atoms with van der Waals surface area (Å²) >= 11 is 0. The second kappa shape index (κ2) is 7.18. The van der Waals surface area contributed by atoms with E-state index < -0.39 is 17.6 Å². The first-order chi connectivity index (χ1) is 11.3. The molecule has 0 fully saturated rings. The highest BCUT2D eigenvalue weighted by Crippen LogP contribution is 2.29. The maximum Gasteiger partial charge on any atom is 0.327 e. The Labute approximate surface area is 143 Å². The van der Waals surface area contributed by atoms with Crippen LogP contribution >= 0.6 is 0 Å². The smallest absolute Gasteiger partial charge is 0.327 e. The summed E-state index contributed by atoms with van der Waals surface area (Å²) in [5.41, 5.74) is -0.414. The third-order valence-electron chi connectivity index (χ3n) is 4.01. The highest BCUT2D eigenvalue weighted by Gasteiger charge is 2.43. The van der Waals surface area contributed by atoms with E-state index in [0.717, 1.165) is 5.56 Å². The number of hydrogen-bond donors (Lipinski definition) is 2. The zero-order chi connectivity index (χ0) is 17.8. The van der Waals surface area contributed by atoms with Crippen molar-refractivity contribution in [3.63, 3.8) is 0 Å². The molecule has 0 bridgehead atoms. The van der Waals surface area contributed by atoms with Gasteiger partial charge in [-0.05, 0) is 39.2 Å². The second-order valence-electron chi connectivity index (χ2n) is 7.18. The normalized spacial score (nSPS) is 17.3. The topological polar surface area (TPSA) is 67.4 Å². The minimum absolute atomic E-state index is 0.107. The zero-order valence-electron chi connectivity index (χ0n) is 14.8. The number of carbonyl (C=O) groups is 2. The molecule has 24 heavy (non-hydrogen) atoms. The Kier molecular flexibility index (Phi) is 5.44. The van der Waals surface area contributed by atoms with Crippen LogP contribution < -0.4 is 10.6 Å². The number of rotatable bonds is 5. The predicted octanol–water partition coefficient (Wildman–Crippen LogP) is 2.49. The van der Waals surface area contributed by atoms with Gasteiger partial charge in [0.05, 0.1) is 7.11 Å². The van der Waals surface area contributed by atoms with E-state index in [4.69, 9.17) is 4.74 Å². The summed E-state index contributed by atoms with van der Waals surface area (Å²) < 4.78 is 4.95. The monoisotopic (exact) mass is 330 g/mol. The van der Waals surface area contributed by atoms with E-state index in [1.807, 2.05) is 63.3 Å². The van der Waals surface area contributed by atoms with Crippen molar-refractivity contribution in [2.75, 3.05) is 7.11 Å². The van der Waals surface area contributed by atoms with Crippen molar-refractivity contribution in [3.05, 3.63) is 48.0 Å². The van der Waals surface area contributed by atoms with Gasteiger partial charge in [0.25, 0.3) is 0 Å². The number of carbonyl (C=O) groups excluding carboxylic acids is 2. The lowest BCUT2D eigenvalue weighted by Gasteiger charge is -2.35. The lowest BCUT2D eigenvalue weighted by atomic mass is 9.91. The van der Waals surface area contributed by atoms with Gasteiger partial charge in [-0.3, -0.25) is 10.1 Å². The van der Waals surface area contributed by atoms with E-state index in [9.17, 15) is 9.59 Å². The number of methoxy groups -OCH3 is 1. The molecule has 1 aliphatic carbocycles. The Morgan fingerprint density at radius 2 is 1.71 bits per heavy atom. The van der Waals surface area contributed by atoms with Crippen LogP contribution in [0.25, 0.3) is 0 Å². The second-order valence-corrected chi connectivity index (χ2v) is 7.18. The molecule has 0 spiro atoms. The largest absolute Gasteiger partial charge is 0.468 e. The van der Waals surface area contributed by atoms with Crippen molar-refractivity contribution in [3.8, 4) is 0 Å². The molecule has 1 amide bonds. The molecule has 0 unspecified atom stereocenters. The Morgan fingerprint density at radius 3 is 2.21 bits per heavy atom. The molecular weight excluding hydrogens is 304 g/mol. The van der Waals surface area contributed by atoms with Crippen LogP contribution in [0.1, 0.15) is 45.2 Å². The molecule has 1 aliphatic rings. The zero-order valence-corrected chi connectivity index (χ0v) is 14.8. The van der Waals surface area contributed by atoms with Crippen LogP contribution in [-0.4, -0.2) is 30.1 Å². The summed E-state index contributed by atoms with van der Waals surface area (Å²) in [7, 11) is 1.36. The van der Waals surface area contributed by atoms with Crippen molar-refractivity contribution in [2.45, 2.75) is 50.7 Å². The maximum atomic E-state index is 12.9. The van der Waals surface area contributed by atoms with Gasteiger partial charge in [0.1, 0.15) is 11.6 Å². The van der Waals surface area contributed by atoms with Gasteiger partial charge < -0.3 is 10.1 Å². The fourth-order valence-electron chi connectivity index (χ4n) is 2.80. The van der Waals surface area contributed by atoms with Crippen LogP contribution in [0.15, 0.2) is 42.5 Å². The molecule has 0 aromatic heterocycles. The molecule has 2 N–H and O–H groups in total. The van der Waals surface area contributed by atoms with Gasteiger partial charge >= 0.3 is 5.97 Å². The van der Waals surface area contributed by atoms with Crippen molar-refractivity contribution in [1.82, 2.24) is 10.6 Å². The lowest BCUT2D eigenvalue weighted by Crippen LogP contribution is -2.60. The summed E-state index contributed by atoms with van der Waals surface area (Å²) in [6, 6.07) is 8.63. The van der Waals surface area contributed by atoms with Gasteiger partial charge in [0.2, 0.25) is 5.91 Å². The van der Waals surface area contributed by atoms with Crippen LogP contribution in [-0.2, 0) is 14.3 Å². The average Bonchev–Trinajstić information content (AvgIpc) is 3.01. The van der Waals surface area contributed by atoms with Crippen molar-refractivity contribution in [1.29, 1.82) is 0 Å². The van der Waals surface area contributed by atoms with Gasteiger partial charge in [0, 0.05) is 5.54 Å². The summed E-state index contributed by atoms with van der Waals surface area (Å²) in [5.74, 6) is -0.513. The van der Waals surface area contributed by atoms with E-state index in [2.05, 4.69) is 10.6 Å². The Hall–Kier alpha value is -2.14. The van der Waals surface area contributed by atoms with Gasteiger partial charge in [-0.15, -0.1) is 0 Å². The first-order valence-electron chi connectivity index (χ1n) is 8.15. The van der Waals surface area contributed by atoms with E-state index in [-0.39, 0.29) is 11.4 Å². The number of esters is 1. The van der Waals surface area contributed by atoms with Gasteiger partial charge in [-0.1, -0.05) is 42.5 Å². The molecule has 0 radical (unpaired) electrons. The molecule has 1 atom stereocenters. The Bertz CT molecular complexity index is 609. The Balaban J connectivity index is 2.30. The van der Waals surface area contributed by atoms with Crippen LogP contribution in [0.2, 0.25) is 0 Å². The number of benzene rings is 1. The molecule has 0 saturated carbocycles. The molecular formula is C19H26N2O3. The molecule has 0 aliphatic heterocycles. The van der Waals surface area contributed by atoms with Gasteiger partial charge in [0.15, 0.2) is 0 Å². The minimum Gasteiger partial charge on any atom is -0.468 e. The first kappa shape index (κ1) is 18.2. The molecule has 2 rings (SSSR count). The van der Waals surface area contributed by atoms with Crippen molar-refractivity contribution in [2.24, 2.45) is 0 Å². The average molecular weight is 330 g/mol. The molecule has 5 heteroatoms. The van der Waals surface area contributed by atoms with E-state index in [1.54, 1.807) is 0 Å². The number of ether oxygens (including phenoxy) is 1. The molecule has 0 saturated heterocycles. The first-order valence-corrected chi connectivity index (χ1v) is 8.15. The standard InChI is InChI=1S/C19H26N2O3/c1-18(2,3)21-17(23)19(12-8-9-13-19)20-15(16(22)24-4)14-10-6-5-7-11-14/h5-11,15,20H,12-13H2,1-4H3,(H,21,23)/t15-/m0/s1. The fraction of sp³-hybridized carbons (Fsp3) is 0.474. The van der Waals surface area contributed by atoms with E-state index in [1.165, 1.54) is 7.11 Å². The molecule has 1 aromatic rings. The number of amides is 1. The SMILES string of the molecule is COC(=O)[C@@H](NC1(C(=O)NC(C)(C)C)CC=CC1)c1ccccc1. The quantitative estimate of drug-likeness (QED) is 0.643. The van der Waals surface area contributed by atoms with E-state index in [0.29, 0.717) is 12.8 Å². The van der Waals surface area contributed by atoms with Crippen LogP contribution in [0.3, 0.4) is 0 Å². The van der Waals surface area contributed by atoms with Crippen LogP contribution in [0.4, 0.5) is 0 Å². The highest BCUT2D eigenvalue weighted by atomic mass is 16.5. The van der Waals surface area contributed by atoms with Crippen LogP contribution in [0.5, 0.6) is 0 Å². The number of hydrogen-bond acceptors (Lipinski definition) is 4. The summed E-state index contributed by atoms with van der Waals surface area (Å²) in [6.45, 7) is 5.82. The molecule has 1 aromatic carbocycles. The summed E-state index contributed by atoms with van der Waals surface area (Å²) in [5, 5.41) is 6.29. The van der Waals surface area contributed by atoms with Crippen LogP contribution in [0, 0.1) is 0 Å². The lowest BCUT2D eigenvalue weighted by molar-refractivity contribution is -0.144. The fourth-order valence-corrected chi connectivity index (χ4v) is 2.80. The summed E-state index contributed by atoms with van der Waals surface area (Å²) in [4.78, 5) is 25.2. The van der Waals surface area contributed by atoms with Gasteiger partial charge in [-0.25, -0.2) is 4.79 Å². The summed E-state index contributed by atoms with van der Waals surface area (Å²) in [6.07, 6.45) is 5.01. The maximum absolute atomic E-state index is 12.9. The predicted molar refractivity (Wildman–Crippen MR) is 93.3 cm³/mol. The molecule has 130 valence electrons. The molecule has 0 heterocycles. The van der Waals surface area contributed by atoms with Crippen molar-refractivity contribution >= 4 is 11.9 Å². The minimum atomic E-state index is -0.845.